The molecule has 0 fully saturated rings. The number of ether oxygens (including phenoxy) is 1. The van der Waals surface area contributed by atoms with E-state index >= 15 is 0 Å². The van der Waals surface area contributed by atoms with E-state index in [9.17, 15) is 0 Å². The van der Waals surface area contributed by atoms with Gasteiger partial charge in [0.25, 0.3) is 0 Å². The van der Waals surface area contributed by atoms with Crippen molar-refractivity contribution in [2.75, 3.05) is 5.52 Å². The minimum atomic E-state index is -1.83. The number of alkyl halides is 2. The van der Waals surface area contributed by atoms with Crippen LogP contribution >= 0.6 is 31.9 Å². The summed E-state index contributed by atoms with van der Waals surface area (Å²) in [6.07, 6.45) is 0. The van der Waals surface area contributed by atoms with E-state index in [1.54, 1.807) is 0 Å². The summed E-state index contributed by atoms with van der Waals surface area (Å²) in [4.78, 5) is 0. The molecule has 0 radical (unpaired) electrons. The maximum Gasteiger partial charge on any atom is 0.250 e. The molecule has 1 aromatic carbocycles. The first kappa shape index (κ1) is 17.0. The van der Waals surface area contributed by atoms with Crippen molar-refractivity contribution >= 4 is 40.2 Å². The van der Waals surface area contributed by atoms with Crippen LogP contribution in [0.4, 0.5) is 0 Å². The standard InChI is InChI=1S/C14H22Br2O2Si/c1-14(2,3)19(4,5)18-13-8-12(17-10-16)7-6-11(13)9-15/h6-8H,9-10H2,1-5H3. The molecule has 0 amide bonds. The molecule has 0 saturated heterocycles. The van der Waals surface area contributed by atoms with Gasteiger partial charge >= 0.3 is 0 Å². The number of hydrogen-bond donors (Lipinski definition) is 0. The molecule has 0 aromatic heterocycles. The largest absolute Gasteiger partial charge is 0.543 e. The van der Waals surface area contributed by atoms with Gasteiger partial charge < -0.3 is 9.16 Å². The maximum absolute atomic E-state index is 6.39. The molecule has 0 heterocycles. The molecule has 0 atom stereocenters. The highest BCUT2D eigenvalue weighted by molar-refractivity contribution is 9.09. The Morgan fingerprint density at radius 2 is 1.79 bits per heavy atom. The van der Waals surface area contributed by atoms with Gasteiger partial charge in [-0.05, 0) is 40.1 Å². The van der Waals surface area contributed by atoms with Crippen LogP contribution in [0, 0.1) is 0 Å². The Kier molecular flexibility index (Phi) is 5.95. The van der Waals surface area contributed by atoms with E-state index in [1.807, 2.05) is 12.1 Å². The first-order chi connectivity index (χ1) is 8.71. The topological polar surface area (TPSA) is 18.5 Å². The fourth-order valence-corrected chi connectivity index (χ4v) is 3.09. The van der Waals surface area contributed by atoms with Crippen LogP contribution < -0.4 is 9.16 Å². The average Bonchev–Trinajstić information content (AvgIpc) is 2.28. The minimum Gasteiger partial charge on any atom is -0.543 e. The molecule has 0 saturated carbocycles. The highest BCUT2D eigenvalue weighted by atomic mass is 79.9. The van der Waals surface area contributed by atoms with Crippen LogP contribution in [0.5, 0.6) is 11.5 Å². The van der Waals surface area contributed by atoms with Crippen LogP contribution in [-0.4, -0.2) is 13.8 Å². The zero-order valence-corrected chi connectivity index (χ0v) is 16.4. The second-order valence-corrected chi connectivity index (χ2v) is 11.8. The summed E-state index contributed by atoms with van der Waals surface area (Å²) in [5, 5.41) is 0.967. The molecular weight excluding hydrogens is 388 g/mol. The normalized spacial score (nSPS) is 12.4. The Bertz CT molecular complexity index is 428. The van der Waals surface area contributed by atoms with Crippen LogP contribution in [-0.2, 0) is 5.33 Å². The lowest BCUT2D eigenvalue weighted by atomic mass is 10.2. The monoisotopic (exact) mass is 408 g/mol. The van der Waals surface area contributed by atoms with E-state index in [0.717, 1.165) is 22.4 Å². The van der Waals surface area contributed by atoms with E-state index in [1.165, 1.54) is 0 Å². The van der Waals surface area contributed by atoms with E-state index in [-0.39, 0.29) is 5.04 Å². The Labute approximate surface area is 134 Å². The average molecular weight is 410 g/mol. The summed E-state index contributed by atoms with van der Waals surface area (Å²) < 4.78 is 11.9. The third-order valence-corrected chi connectivity index (χ3v) is 8.75. The molecule has 1 rings (SSSR count). The highest BCUT2D eigenvalue weighted by Gasteiger charge is 2.39. The smallest absolute Gasteiger partial charge is 0.250 e. The lowest BCUT2D eigenvalue weighted by Gasteiger charge is -2.37. The van der Waals surface area contributed by atoms with Crippen LogP contribution in [0.2, 0.25) is 18.1 Å². The summed E-state index contributed by atoms with van der Waals surface area (Å²) in [5.74, 6) is 1.76. The van der Waals surface area contributed by atoms with Crippen molar-refractivity contribution in [3.05, 3.63) is 23.8 Å². The third-order valence-electron chi connectivity index (χ3n) is 3.58. The number of hydrogen-bond acceptors (Lipinski definition) is 2. The fraction of sp³-hybridized carbons (Fsp3) is 0.571. The van der Waals surface area contributed by atoms with Crippen molar-refractivity contribution in [3.63, 3.8) is 0 Å². The molecule has 0 aliphatic rings. The molecule has 0 spiro atoms. The Balaban J connectivity index is 3.07. The molecule has 5 heteroatoms. The predicted molar refractivity (Wildman–Crippen MR) is 91.3 cm³/mol. The molecule has 0 bridgehead atoms. The summed E-state index contributed by atoms with van der Waals surface area (Å²) in [6.45, 7) is 11.2. The van der Waals surface area contributed by atoms with Crippen molar-refractivity contribution in [3.8, 4) is 11.5 Å². The van der Waals surface area contributed by atoms with Gasteiger partial charge in [-0.2, -0.15) is 0 Å². The van der Waals surface area contributed by atoms with Gasteiger partial charge in [-0.15, -0.1) is 0 Å². The summed E-state index contributed by atoms with van der Waals surface area (Å²) in [5.41, 5.74) is 1.65. The summed E-state index contributed by atoms with van der Waals surface area (Å²) in [6, 6.07) is 6.00. The molecule has 2 nitrogen and oxygen atoms in total. The van der Waals surface area contributed by atoms with E-state index in [0.29, 0.717) is 5.52 Å². The number of halogens is 2. The first-order valence-corrected chi connectivity index (χ1v) is 11.4. The molecule has 0 N–H and O–H groups in total. The van der Waals surface area contributed by atoms with Gasteiger partial charge in [0.15, 0.2) is 0 Å². The van der Waals surface area contributed by atoms with Crippen LogP contribution in [0.15, 0.2) is 18.2 Å². The van der Waals surface area contributed by atoms with Gasteiger partial charge in [0, 0.05) is 17.0 Å². The summed E-state index contributed by atoms with van der Waals surface area (Å²) in [7, 11) is -1.83. The maximum atomic E-state index is 6.39. The second kappa shape index (κ2) is 6.63. The van der Waals surface area contributed by atoms with Crippen molar-refractivity contribution in [2.45, 2.75) is 44.2 Å². The van der Waals surface area contributed by atoms with E-state index < -0.39 is 8.32 Å². The zero-order chi connectivity index (χ0) is 14.7. The highest BCUT2D eigenvalue weighted by Crippen LogP contribution is 2.39. The van der Waals surface area contributed by atoms with Gasteiger partial charge in [0.2, 0.25) is 8.32 Å². The van der Waals surface area contributed by atoms with E-state index in [4.69, 9.17) is 9.16 Å². The van der Waals surface area contributed by atoms with Gasteiger partial charge in [-0.3, -0.25) is 0 Å². The van der Waals surface area contributed by atoms with Gasteiger partial charge in [-0.25, -0.2) is 0 Å². The number of benzene rings is 1. The van der Waals surface area contributed by atoms with Crippen LogP contribution in [0.3, 0.4) is 0 Å². The third kappa shape index (κ3) is 4.50. The van der Waals surface area contributed by atoms with E-state index in [2.05, 4.69) is 71.8 Å². The van der Waals surface area contributed by atoms with Crippen LogP contribution in [0.25, 0.3) is 0 Å². The molecule has 0 aliphatic carbocycles. The Morgan fingerprint density at radius 1 is 1.16 bits per heavy atom. The molecule has 1 aromatic rings. The molecule has 19 heavy (non-hydrogen) atoms. The molecular formula is C14H22Br2O2Si. The van der Waals surface area contributed by atoms with Crippen molar-refractivity contribution in [1.29, 1.82) is 0 Å². The van der Waals surface area contributed by atoms with Crippen LogP contribution in [0.1, 0.15) is 26.3 Å². The number of rotatable bonds is 5. The molecule has 108 valence electrons. The zero-order valence-electron chi connectivity index (χ0n) is 12.2. The lowest BCUT2D eigenvalue weighted by Crippen LogP contribution is -2.44. The minimum absolute atomic E-state index is 0.183. The first-order valence-electron chi connectivity index (χ1n) is 6.28. The summed E-state index contributed by atoms with van der Waals surface area (Å²) >= 11 is 6.79. The van der Waals surface area contributed by atoms with Crippen molar-refractivity contribution < 1.29 is 9.16 Å². The van der Waals surface area contributed by atoms with Gasteiger partial charge in [0.1, 0.15) is 17.0 Å². The Morgan fingerprint density at radius 3 is 2.26 bits per heavy atom. The Hall–Kier alpha value is -0.00312. The lowest BCUT2D eigenvalue weighted by molar-refractivity contribution is 0.394. The molecule has 0 unspecified atom stereocenters. The fourth-order valence-electron chi connectivity index (χ4n) is 1.32. The SMILES string of the molecule is CC(C)(C)[Si](C)(C)Oc1cc(OCBr)ccc1CBr. The van der Waals surface area contributed by atoms with Crippen molar-refractivity contribution in [2.24, 2.45) is 0 Å². The van der Waals surface area contributed by atoms with Gasteiger partial charge in [0.05, 0.1) is 0 Å². The van der Waals surface area contributed by atoms with Crippen molar-refractivity contribution in [1.82, 2.24) is 0 Å². The second-order valence-electron chi connectivity index (χ2n) is 6.02. The predicted octanol–water partition coefficient (Wildman–Crippen LogP) is 5.70. The molecule has 0 aliphatic heterocycles. The quantitative estimate of drug-likeness (QED) is 0.458. The van der Waals surface area contributed by atoms with Gasteiger partial charge in [-0.1, -0.05) is 42.8 Å².